The van der Waals surface area contributed by atoms with E-state index in [1.165, 1.54) is 0 Å². The molecule has 0 radical (unpaired) electrons. The van der Waals surface area contributed by atoms with Crippen molar-refractivity contribution in [3.05, 3.63) is 33.3 Å². The number of amides is 2. The van der Waals surface area contributed by atoms with Crippen molar-refractivity contribution in [3.8, 4) is 0 Å². The summed E-state index contributed by atoms with van der Waals surface area (Å²) >= 11 is 9.51. The van der Waals surface area contributed by atoms with Crippen molar-refractivity contribution in [1.82, 2.24) is 9.80 Å². The average molecular weight is 432 g/mol. The van der Waals surface area contributed by atoms with Crippen molar-refractivity contribution >= 4 is 39.5 Å². The SMILES string of the molecule is C[C@H]1CN(C(=O)Cc2cccc(Cl)c2Br)CCN1C(=O)OC(C)(C)C. The molecule has 138 valence electrons. The van der Waals surface area contributed by atoms with Gasteiger partial charge in [-0.1, -0.05) is 23.7 Å². The van der Waals surface area contributed by atoms with Crippen LogP contribution in [0.1, 0.15) is 33.3 Å². The van der Waals surface area contributed by atoms with Gasteiger partial charge in [0.2, 0.25) is 5.91 Å². The van der Waals surface area contributed by atoms with E-state index >= 15 is 0 Å². The molecule has 1 aromatic rings. The van der Waals surface area contributed by atoms with E-state index in [1.54, 1.807) is 15.9 Å². The van der Waals surface area contributed by atoms with E-state index in [0.29, 0.717) is 24.7 Å². The summed E-state index contributed by atoms with van der Waals surface area (Å²) in [6, 6.07) is 5.41. The fourth-order valence-electron chi connectivity index (χ4n) is 2.74. The lowest BCUT2D eigenvalue weighted by atomic mass is 10.1. The molecule has 1 aliphatic rings. The van der Waals surface area contributed by atoms with Gasteiger partial charge in [-0.15, -0.1) is 0 Å². The molecular formula is C18H24BrClN2O3. The second-order valence-electron chi connectivity index (χ2n) is 7.25. The van der Waals surface area contributed by atoms with Gasteiger partial charge in [-0.05, 0) is 55.3 Å². The van der Waals surface area contributed by atoms with Gasteiger partial charge in [0.25, 0.3) is 0 Å². The summed E-state index contributed by atoms with van der Waals surface area (Å²) in [6.07, 6.45) is -0.0509. The first-order valence-electron chi connectivity index (χ1n) is 8.29. The Bertz CT molecular complexity index is 660. The van der Waals surface area contributed by atoms with Gasteiger partial charge in [0, 0.05) is 30.1 Å². The number of piperazine rings is 1. The van der Waals surface area contributed by atoms with Crippen LogP contribution in [-0.2, 0) is 16.0 Å². The molecule has 0 bridgehead atoms. The fourth-order valence-corrected chi connectivity index (χ4v) is 3.33. The van der Waals surface area contributed by atoms with Crippen LogP contribution in [0.2, 0.25) is 5.02 Å². The number of hydrogen-bond donors (Lipinski definition) is 0. The van der Waals surface area contributed by atoms with Crippen LogP contribution in [0.3, 0.4) is 0 Å². The molecule has 7 heteroatoms. The van der Waals surface area contributed by atoms with Crippen LogP contribution in [0.4, 0.5) is 4.79 Å². The monoisotopic (exact) mass is 430 g/mol. The number of carbonyl (C=O) groups excluding carboxylic acids is 2. The van der Waals surface area contributed by atoms with Crippen LogP contribution in [0.5, 0.6) is 0 Å². The van der Waals surface area contributed by atoms with Crippen molar-refractivity contribution in [3.63, 3.8) is 0 Å². The smallest absolute Gasteiger partial charge is 0.410 e. The predicted octanol–water partition coefficient (Wildman–Crippen LogP) is 4.11. The van der Waals surface area contributed by atoms with Gasteiger partial charge < -0.3 is 14.5 Å². The van der Waals surface area contributed by atoms with Crippen LogP contribution in [0.25, 0.3) is 0 Å². The van der Waals surface area contributed by atoms with Crippen LogP contribution >= 0.6 is 27.5 Å². The van der Waals surface area contributed by atoms with E-state index in [9.17, 15) is 9.59 Å². The highest BCUT2D eigenvalue weighted by molar-refractivity contribution is 9.10. The number of ether oxygens (including phenoxy) is 1. The molecule has 1 saturated heterocycles. The van der Waals surface area contributed by atoms with E-state index in [4.69, 9.17) is 16.3 Å². The summed E-state index contributed by atoms with van der Waals surface area (Å²) in [5.74, 6) is 0.0265. The predicted molar refractivity (Wildman–Crippen MR) is 102 cm³/mol. The fraction of sp³-hybridized carbons (Fsp3) is 0.556. The molecule has 0 aliphatic carbocycles. The maximum absolute atomic E-state index is 12.6. The van der Waals surface area contributed by atoms with Crippen molar-refractivity contribution in [2.75, 3.05) is 19.6 Å². The Morgan fingerprint density at radius 3 is 2.60 bits per heavy atom. The second-order valence-corrected chi connectivity index (χ2v) is 8.45. The zero-order valence-electron chi connectivity index (χ0n) is 15.0. The van der Waals surface area contributed by atoms with Gasteiger partial charge >= 0.3 is 6.09 Å². The highest BCUT2D eigenvalue weighted by Gasteiger charge is 2.32. The van der Waals surface area contributed by atoms with Crippen molar-refractivity contribution in [1.29, 1.82) is 0 Å². The Hall–Kier alpha value is -1.27. The molecule has 0 N–H and O–H groups in total. The molecule has 0 unspecified atom stereocenters. The Labute approximate surface area is 162 Å². The van der Waals surface area contributed by atoms with E-state index in [0.717, 1.165) is 10.0 Å². The van der Waals surface area contributed by atoms with E-state index in [1.807, 2.05) is 39.8 Å². The second kappa shape index (κ2) is 7.96. The number of carbonyl (C=O) groups is 2. The van der Waals surface area contributed by atoms with Crippen molar-refractivity contribution in [2.45, 2.75) is 45.8 Å². The van der Waals surface area contributed by atoms with Gasteiger partial charge in [-0.3, -0.25) is 4.79 Å². The summed E-state index contributed by atoms with van der Waals surface area (Å²) in [7, 11) is 0. The van der Waals surface area contributed by atoms with Crippen molar-refractivity contribution < 1.29 is 14.3 Å². The Kier molecular flexibility index (Phi) is 6.38. The van der Waals surface area contributed by atoms with Gasteiger partial charge in [0.1, 0.15) is 5.60 Å². The topological polar surface area (TPSA) is 49.9 Å². The number of rotatable bonds is 2. The third-order valence-corrected chi connectivity index (χ3v) is 5.46. The highest BCUT2D eigenvalue weighted by atomic mass is 79.9. The molecule has 25 heavy (non-hydrogen) atoms. The first kappa shape index (κ1) is 20.0. The lowest BCUT2D eigenvalue weighted by molar-refractivity contribution is -0.133. The molecule has 0 spiro atoms. The third kappa shape index (κ3) is 5.35. The van der Waals surface area contributed by atoms with E-state index in [-0.39, 0.29) is 24.5 Å². The van der Waals surface area contributed by atoms with Gasteiger partial charge in [0.05, 0.1) is 11.4 Å². The zero-order valence-corrected chi connectivity index (χ0v) is 17.4. The Morgan fingerprint density at radius 1 is 1.32 bits per heavy atom. The molecule has 1 heterocycles. The maximum atomic E-state index is 12.6. The minimum atomic E-state index is -0.525. The van der Waals surface area contributed by atoms with Crippen LogP contribution in [0.15, 0.2) is 22.7 Å². The highest BCUT2D eigenvalue weighted by Crippen LogP contribution is 2.27. The first-order chi connectivity index (χ1) is 11.6. The molecule has 0 saturated carbocycles. The lowest BCUT2D eigenvalue weighted by Gasteiger charge is -2.40. The molecular weight excluding hydrogens is 408 g/mol. The lowest BCUT2D eigenvalue weighted by Crippen LogP contribution is -2.56. The number of halogens is 2. The molecule has 1 aliphatic heterocycles. The molecule has 5 nitrogen and oxygen atoms in total. The standard InChI is InChI=1S/C18H24BrClN2O3/c1-12-11-21(8-9-22(12)17(24)25-18(2,3)4)15(23)10-13-6-5-7-14(20)16(13)19/h5-7,12H,8-11H2,1-4H3/t12-/m0/s1. The minimum absolute atomic E-state index is 0.0265. The summed E-state index contributed by atoms with van der Waals surface area (Å²) in [4.78, 5) is 28.3. The third-order valence-electron chi connectivity index (χ3n) is 3.98. The summed E-state index contributed by atoms with van der Waals surface area (Å²) in [6.45, 7) is 8.93. The van der Waals surface area contributed by atoms with Crippen LogP contribution in [0, 0.1) is 0 Å². The zero-order chi connectivity index (χ0) is 18.8. The molecule has 1 fully saturated rings. The molecule has 1 atom stereocenters. The van der Waals surface area contributed by atoms with Gasteiger partial charge in [0.15, 0.2) is 0 Å². The largest absolute Gasteiger partial charge is 0.444 e. The van der Waals surface area contributed by atoms with Crippen LogP contribution < -0.4 is 0 Å². The maximum Gasteiger partial charge on any atom is 0.410 e. The summed E-state index contributed by atoms with van der Waals surface area (Å²) in [5, 5.41) is 0.591. The van der Waals surface area contributed by atoms with E-state index in [2.05, 4.69) is 15.9 Å². The minimum Gasteiger partial charge on any atom is -0.444 e. The molecule has 2 amide bonds. The van der Waals surface area contributed by atoms with Gasteiger partial charge in [-0.2, -0.15) is 0 Å². The summed E-state index contributed by atoms with van der Waals surface area (Å²) < 4.78 is 6.19. The quantitative estimate of drug-likeness (QED) is 0.708. The number of hydrogen-bond acceptors (Lipinski definition) is 3. The van der Waals surface area contributed by atoms with E-state index < -0.39 is 5.60 Å². The summed E-state index contributed by atoms with van der Waals surface area (Å²) in [5.41, 5.74) is 0.336. The number of benzene rings is 1. The van der Waals surface area contributed by atoms with Crippen LogP contribution in [-0.4, -0.2) is 53.1 Å². The Morgan fingerprint density at radius 2 is 2.00 bits per heavy atom. The van der Waals surface area contributed by atoms with Gasteiger partial charge in [-0.25, -0.2) is 4.79 Å². The normalized spacial score (nSPS) is 18.2. The van der Waals surface area contributed by atoms with Crippen molar-refractivity contribution in [2.24, 2.45) is 0 Å². The Balaban J connectivity index is 1.97. The molecule has 2 rings (SSSR count). The molecule has 0 aromatic heterocycles. The first-order valence-corrected chi connectivity index (χ1v) is 9.46. The molecule has 1 aromatic carbocycles. The number of nitrogens with zero attached hydrogens (tertiary/aromatic N) is 2. The average Bonchev–Trinajstić information content (AvgIpc) is 2.49.